The van der Waals surface area contributed by atoms with Crippen molar-refractivity contribution in [3.63, 3.8) is 0 Å². The van der Waals surface area contributed by atoms with Crippen LogP contribution in [0.2, 0.25) is 0 Å². The van der Waals surface area contributed by atoms with Crippen molar-refractivity contribution in [2.24, 2.45) is 5.92 Å². The van der Waals surface area contributed by atoms with Crippen molar-refractivity contribution in [1.82, 2.24) is 5.32 Å². The number of hydrogen-bond acceptors (Lipinski definition) is 3. The van der Waals surface area contributed by atoms with Crippen molar-refractivity contribution >= 4 is 6.09 Å². The normalized spacial score (nSPS) is 10.2. The number of nitrogens with one attached hydrogen (secondary N) is 1. The third kappa shape index (κ3) is 9.14. The van der Waals surface area contributed by atoms with Gasteiger partial charge in [-0.2, -0.15) is 0 Å². The predicted molar refractivity (Wildman–Crippen MR) is 50.5 cm³/mol. The topological polar surface area (TPSA) is 58.6 Å². The Morgan fingerprint density at radius 2 is 2.23 bits per heavy atom. The van der Waals surface area contributed by atoms with Gasteiger partial charge in [0.2, 0.25) is 0 Å². The quantitative estimate of drug-likeness (QED) is 0.616. The zero-order chi connectivity index (χ0) is 10.1. The molecule has 0 rings (SSSR count). The molecular weight excluding hydrogens is 170 g/mol. The molecular formula is C9H19NO3. The van der Waals surface area contributed by atoms with Crippen LogP contribution in [0.25, 0.3) is 0 Å². The summed E-state index contributed by atoms with van der Waals surface area (Å²) in [5.74, 6) is 0.662. The third-order valence-electron chi connectivity index (χ3n) is 1.55. The molecule has 2 N–H and O–H groups in total. The molecule has 4 nitrogen and oxygen atoms in total. The second-order valence-corrected chi connectivity index (χ2v) is 3.32. The highest BCUT2D eigenvalue weighted by atomic mass is 16.6. The number of ether oxygens (including phenoxy) is 1. The van der Waals surface area contributed by atoms with Gasteiger partial charge in [0.15, 0.2) is 0 Å². The minimum atomic E-state index is -0.446. The number of aliphatic hydroxyl groups excluding tert-OH is 1. The second kappa shape index (κ2) is 7.86. The van der Waals surface area contributed by atoms with Gasteiger partial charge in [0.05, 0.1) is 6.61 Å². The molecule has 0 unspecified atom stereocenters. The Balaban J connectivity index is 3.17. The smallest absolute Gasteiger partial charge is 0.407 e. The van der Waals surface area contributed by atoms with Crippen molar-refractivity contribution in [1.29, 1.82) is 0 Å². The van der Waals surface area contributed by atoms with Crippen LogP contribution in [0.4, 0.5) is 4.79 Å². The van der Waals surface area contributed by atoms with Crippen LogP contribution in [0.3, 0.4) is 0 Å². The molecule has 78 valence electrons. The zero-order valence-corrected chi connectivity index (χ0v) is 8.38. The fourth-order valence-corrected chi connectivity index (χ4v) is 0.890. The van der Waals surface area contributed by atoms with E-state index in [1.165, 1.54) is 0 Å². The fraction of sp³-hybridized carbons (Fsp3) is 0.889. The third-order valence-corrected chi connectivity index (χ3v) is 1.55. The van der Waals surface area contributed by atoms with E-state index in [0.717, 1.165) is 12.8 Å². The van der Waals surface area contributed by atoms with E-state index in [4.69, 9.17) is 5.11 Å². The maximum atomic E-state index is 10.8. The lowest BCUT2D eigenvalue weighted by Crippen LogP contribution is -2.26. The first kappa shape index (κ1) is 12.2. The van der Waals surface area contributed by atoms with Gasteiger partial charge in [-0.15, -0.1) is 0 Å². The zero-order valence-electron chi connectivity index (χ0n) is 8.38. The standard InChI is InChI=1S/C9H19NO3/c1-8(2)4-3-5-10-9(12)13-7-6-11/h8,11H,3-7H2,1-2H3,(H,10,12). The fourth-order valence-electron chi connectivity index (χ4n) is 0.890. The van der Waals surface area contributed by atoms with E-state index in [-0.39, 0.29) is 13.2 Å². The average Bonchev–Trinajstić information content (AvgIpc) is 2.08. The van der Waals surface area contributed by atoms with Gasteiger partial charge in [-0.1, -0.05) is 13.8 Å². The summed E-state index contributed by atoms with van der Waals surface area (Å²) in [6.07, 6.45) is 1.62. The van der Waals surface area contributed by atoms with Crippen LogP contribution >= 0.6 is 0 Å². The Kier molecular flexibility index (Phi) is 7.39. The Labute approximate surface area is 79.3 Å². The van der Waals surface area contributed by atoms with Gasteiger partial charge in [0.1, 0.15) is 6.61 Å². The number of carbonyl (C=O) groups is 1. The van der Waals surface area contributed by atoms with Crippen LogP contribution in [-0.4, -0.2) is 31.0 Å². The van der Waals surface area contributed by atoms with Crippen molar-refractivity contribution in [3.05, 3.63) is 0 Å². The maximum Gasteiger partial charge on any atom is 0.407 e. The van der Waals surface area contributed by atoms with E-state index < -0.39 is 6.09 Å². The van der Waals surface area contributed by atoms with Gasteiger partial charge >= 0.3 is 6.09 Å². The van der Waals surface area contributed by atoms with Crippen molar-refractivity contribution < 1.29 is 14.6 Å². The number of rotatable bonds is 6. The van der Waals surface area contributed by atoms with E-state index in [9.17, 15) is 4.79 Å². The molecule has 0 radical (unpaired) electrons. The van der Waals surface area contributed by atoms with Crippen LogP contribution in [0.1, 0.15) is 26.7 Å². The summed E-state index contributed by atoms with van der Waals surface area (Å²) >= 11 is 0. The molecule has 13 heavy (non-hydrogen) atoms. The molecule has 0 aromatic rings. The minimum absolute atomic E-state index is 0.0655. The summed E-state index contributed by atoms with van der Waals surface area (Å²) in [4.78, 5) is 10.8. The molecule has 0 saturated heterocycles. The lowest BCUT2D eigenvalue weighted by molar-refractivity contribution is 0.119. The number of aliphatic hydroxyl groups is 1. The Morgan fingerprint density at radius 3 is 2.77 bits per heavy atom. The first-order valence-electron chi connectivity index (χ1n) is 4.68. The molecule has 0 saturated carbocycles. The lowest BCUT2D eigenvalue weighted by atomic mass is 10.1. The molecule has 1 amide bonds. The molecule has 4 heteroatoms. The highest BCUT2D eigenvalue weighted by Gasteiger charge is 2.00. The SMILES string of the molecule is CC(C)CCCNC(=O)OCCO. The second-order valence-electron chi connectivity index (χ2n) is 3.32. The highest BCUT2D eigenvalue weighted by molar-refractivity contribution is 5.66. The summed E-state index contributed by atoms with van der Waals surface area (Å²) in [5, 5.41) is 11.0. The van der Waals surface area contributed by atoms with Crippen LogP contribution in [0, 0.1) is 5.92 Å². The van der Waals surface area contributed by atoms with Gasteiger partial charge in [-0.25, -0.2) is 4.79 Å². The summed E-state index contributed by atoms with van der Waals surface area (Å²) in [5.41, 5.74) is 0. The summed E-state index contributed by atoms with van der Waals surface area (Å²) in [6.45, 7) is 4.87. The average molecular weight is 189 g/mol. The van der Waals surface area contributed by atoms with E-state index in [1.807, 2.05) is 0 Å². The van der Waals surface area contributed by atoms with E-state index in [2.05, 4.69) is 23.9 Å². The van der Waals surface area contributed by atoms with Crippen LogP contribution in [0.5, 0.6) is 0 Å². The van der Waals surface area contributed by atoms with Crippen molar-refractivity contribution in [3.8, 4) is 0 Å². The monoisotopic (exact) mass is 189 g/mol. The number of carbonyl (C=O) groups excluding carboxylic acids is 1. The summed E-state index contributed by atoms with van der Waals surface area (Å²) < 4.78 is 4.60. The first-order valence-corrected chi connectivity index (χ1v) is 4.68. The van der Waals surface area contributed by atoms with Gasteiger partial charge in [-0.3, -0.25) is 0 Å². The van der Waals surface area contributed by atoms with E-state index in [0.29, 0.717) is 12.5 Å². The first-order chi connectivity index (χ1) is 6.16. The summed E-state index contributed by atoms with van der Waals surface area (Å²) in [7, 11) is 0. The molecule has 0 aliphatic carbocycles. The molecule has 0 aliphatic rings. The largest absolute Gasteiger partial charge is 0.447 e. The van der Waals surface area contributed by atoms with E-state index >= 15 is 0 Å². The van der Waals surface area contributed by atoms with E-state index in [1.54, 1.807) is 0 Å². The van der Waals surface area contributed by atoms with Crippen molar-refractivity contribution in [2.45, 2.75) is 26.7 Å². The molecule has 0 fully saturated rings. The molecule has 0 spiro atoms. The molecule has 0 aromatic carbocycles. The molecule has 0 atom stereocenters. The molecule has 0 heterocycles. The predicted octanol–water partition coefficient (Wildman–Crippen LogP) is 1.14. The van der Waals surface area contributed by atoms with Crippen LogP contribution < -0.4 is 5.32 Å². The maximum absolute atomic E-state index is 10.8. The number of alkyl carbamates (subject to hydrolysis) is 1. The van der Waals surface area contributed by atoms with Gasteiger partial charge in [-0.05, 0) is 18.8 Å². The Morgan fingerprint density at radius 1 is 1.54 bits per heavy atom. The molecule has 0 bridgehead atoms. The number of hydrogen-bond donors (Lipinski definition) is 2. The Hall–Kier alpha value is -0.770. The minimum Gasteiger partial charge on any atom is -0.447 e. The van der Waals surface area contributed by atoms with Crippen molar-refractivity contribution in [2.75, 3.05) is 19.8 Å². The van der Waals surface area contributed by atoms with Gasteiger partial charge in [0.25, 0.3) is 0 Å². The number of amides is 1. The summed E-state index contributed by atoms with van der Waals surface area (Å²) in [6, 6.07) is 0. The van der Waals surface area contributed by atoms with Crippen LogP contribution in [0.15, 0.2) is 0 Å². The highest BCUT2D eigenvalue weighted by Crippen LogP contribution is 2.01. The van der Waals surface area contributed by atoms with Gasteiger partial charge in [0, 0.05) is 6.54 Å². The Bertz CT molecular complexity index is 137. The molecule has 0 aromatic heterocycles. The lowest BCUT2D eigenvalue weighted by Gasteiger charge is -2.06. The van der Waals surface area contributed by atoms with Gasteiger partial charge < -0.3 is 15.2 Å². The molecule has 0 aliphatic heterocycles. The van der Waals surface area contributed by atoms with Crippen LogP contribution in [-0.2, 0) is 4.74 Å².